The summed E-state index contributed by atoms with van der Waals surface area (Å²) in [5.74, 6) is -1.69. The van der Waals surface area contributed by atoms with E-state index in [0.29, 0.717) is 34.6 Å². The predicted molar refractivity (Wildman–Crippen MR) is 146 cm³/mol. The lowest BCUT2D eigenvalue weighted by molar-refractivity contribution is -0.110. The molecule has 0 atom stereocenters. The highest BCUT2D eigenvalue weighted by Gasteiger charge is 2.28. The van der Waals surface area contributed by atoms with Crippen molar-refractivity contribution in [3.05, 3.63) is 82.4 Å². The highest BCUT2D eigenvalue weighted by atomic mass is 32.2. The molecule has 1 aliphatic rings. The summed E-state index contributed by atoms with van der Waals surface area (Å²) in [6.07, 6.45) is 3.20. The van der Waals surface area contributed by atoms with Gasteiger partial charge in [-0.05, 0) is 55.9 Å². The molecule has 2 aromatic carbocycles. The second-order valence-electron chi connectivity index (χ2n) is 9.09. The highest BCUT2D eigenvalue weighted by molar-refractivity contribution is 7.90. The smallest absolute Gasteiger partial charge is 0.256 e. The van der Waals surface area contributed by atoms with Crippen LogP contribution in [0.25, 0.3) is 11.6 Å². The topological polar surface area (TPSA) is 111 Å². The zero-order valence-corrected chi connectivity index (χ0v) is 22.4. The van der Waals surface area contributed by atoms with E-state index in [2.05, 4.69) is 34.4 Å². The summed E-state index contributed by atoms with van der Waals surface area (Å²) in [5, 5.41) is 5.67. The molecule has 38 heavy (non-hydrogen) atoms. The third kappa shape index (κ3) is 5.71. The van der Waals surface area contributed by atoms with Crippen molar-refractivity contribution in [3.63, 3.8) is 0 Å². The summed E-state index contributed by atoms with van der Waals surface area (Å²) in [5.41, 5.74) is 2.94. The third-order valence-electron chi connectivity index (χ3n) is 6.76. The highest BCUT2D eigenvalue weighted by Crippen LogP contribution is 2.36. The molecule has 3 N–H and O–H groups in total. The molecule has 0 aliphatic carbocycles. The third-order valence-corrected chi connectivity index (χ3v) is 8.42. The van der Waals surface area contributed by atoms with Gasteiger partial charge in [-0.3, -0.25) is 9.59 Å². The van der Waals surface area contributed by atoms with Gasteiger partial charge in [-0.1, -0.05) is 32.0 Å². The van der Waals surface area contributed by atoms with Crippen LogP contribution in [0.15, 0.2) is 53.6 Å². The van der Waals surface area contributed by atoms with Crippen molar-refractivity contribution in [2.75, 3.05) is 31.5 Å². The Hall–Kier alpha value is -3.76. The molecule has 2 amide bonds. The molecule has 0 saturated heterocycles. The van der Waals surface area contributed by atoms with Gasteiger partial charge in [0.25, 0.3) is 11.8 Å². The number of likely N-dealkylation sites (N-methyl/N-ethyl adjacent to an activating group) is 1. The van der Waals surface area contributed by atoms with E-state index in [1.54, 1.807) is 25.3 Å². The van der Waals surface area contributed by atoms with Crippen LogP contribution in [0.5, 0.6) is 0 Å². The van der Waals surface area contributed by atoms with Crippen molar-refractivity contribution >= 4 is 39.0 Å². The number of hydrogen-bond acceptors (Lipinski definition) is 5. The first-order chi connectivity index (χ1) is 18.1. The number of carbonyl (C=O) groups is 2. The quantitative estimate of drug-likeness (QED) is 0.338. The van der Waals surface area contributed by atoms with Gasteiger partial charge in [-0.25, -0.2) is 12.8 Å². The van der Waals surface area contributed by atoms with E-state index in [9.17, 15) is 22.4 Å². The van der Waals surface area contributed by atoms with Crippen LogP contribution >= 0.6 is 0 Å². The number of hydrogen-bond donors (Lipinski definition) is 3. The Labute approximate surface area is 221 Å². The summed E-state index contributed by atoms with van der Waals surface area (Å²) in [7, 11) is -3.88. The number of nitrogens with zero attached hydrogens (tertiary/aromatic N) is 1. The van der Waals surface area contributed by atoms with Crippen LogP contribution in [0, 0.1) is 12.7 Å². The zero-order valence-electron chi connectivity index (χ0n) is 21.6. The molecule has 10 heteroatoms. The van der Waals surface area contributed by atoms with E-state index in [1.807, 2.05) is 0 Å². The lowest BCUT2D eigenvalue weighted by Gasteiger charge is -2.17. The van der Waals surface area contributed by atoms with E-state index < -0.39 is 21.4 Å². The molecule has 0 bridgehead atoms. The molecule has 0 fully saturated rings. The van der Waals surface area contributed by atoms with Gasteiger partial charge < -0.3 is 20.5 Å². The largest absolute Gasteiger partial charge is 0.361 e. The van der Waals surface area contributed by atoms with Crippen LogP contribution in [-0.4, -0.2) is 56.3 Å². The molecule has 1 aromatic heterocycles. The van der Waals surface area contributed by atoms with Gasteiger partial charge in [0, 0.05) is 41.8 Å². The maximum Gasteiger partial charge on any atom is 0.256 e. The zero-order chi connectivity index (χ0) is 27.4. The van der Waals surface area contributed by atoms with E-state index in [-0.39, 0.29) is 27.8 Å². The molecule has 0 saturated carbocycles. The van der Waals surface area contributed by atoms with Gasteiger partial charge in [0.1, 0.15) is 5.82 Å². The number of rotatable bonds is 10. The lowest BCUT2D eigenvalue weighted by atomic mass is 10.0. The maximum atomic E-state index is 14.1. The van der Waals surface area contributed by atoms with Gasteiger partial charge in [0.2, 0.25) is 0 Å². The van der Waals surface area contributed by atoms with E-state index in [1.165, 1.54) is 36.4 Å². The SMILES string of the molecule is CCN(CC)CCNC(=O)c1c[nH]c(C=C2C(=O)Nc3ccc(S(=O)(=O)Cc4ccccc4F)cc32)c1C. The molecule has 4 rings (SSSR count). The number of carbonyl (C=O) groups excluding carboxylic acids is 2. The van der Waals surface area contributed by atoms with Gasteiger partial charge in [-0.2, -0.15) is 0 Å². The Bertz CT molecular complexity index is 1510. The van der Waals surface area contributed by atoms with Crippen molar-refractivity contribution in [2.45, 2.75) is 31.4 Å². The van der Waals surface area contributed by atoms with Crippen molar-refractivity contribution in [3.8, 4) is 0 Å². The number of aromatic nitrogens is 1. The number of amides is 2. The summed E-state index contributed by atoms with van der Waals surface area (Å²) < 4.78 is 40.2. The second kappa shape index (κ2) is 11.3. The minimum Gasteiger partial charge on any atom is -0.361 e. The summed E-state index contributed by atoms with van der Waals surface area (Å²) in [6.45, 7) is 9.00. The number of benzene rings is 2. The number of aromatic amines is 1. The van der Waals surface area contributed by atoms with Crippen LogP contribution in [0.3, 0.4) is 0 Å². The summed E-state index contributed by atoms with van der Waals surface area (Å²) in [6, 6.07) is 10.1. The Balaban J connectivity index is 1.58. The molecule has 2 heterocycles. The van der Waals surface area contributed by atoms with Crippen molar-refractivity contribution < 1.29 is 22.4 Å². The first kappa shape index (κ1) is 27.3. The fourth-order valence-corrected chi connectivity index (χ4v) is 5.79. The minimum atomic E-state index is -3.88. The van der Waals surface area contributed by atoms with E-state index in [0.717, 1.165) is 19.6 Å². The molecule has 0 spiro atoms. The first-order valence-electron chi connectivity index (χ1n) is 12.5. The molecule has 0 radical (unpaired) electrons. The fourth-order valence-electron chi connectivity index (χ4n) is 4.41. The molecule has 200 valence electrons. The number of nitrogens with one attached hydrogen (secondary N) is 3. The Kier molecular flexibility index (Phi) is 8.13. The molecular weight excluding hydrogens is 507 g/mol. The van der Waals surface area contributed by atoms with Crippen LogP contribution in [0.1, 0.15) is 46.6 Å². The Morgan fingerprint density at radius 3 is 2.58 bits per heavy atom. The summed E-state index contributed by atoms with van der Waals surface area (Å²) in [4.78, 5) is 30.7. The van der Waals surface area contributed by atoms with Crippen LogP contribution in [0.2, 0.25) is 0 Å². The summed E-state index contributed by atoms with van der Waals surface area (Å²) >= 11 is 0. The van der Waals surface area contributed by atoms with Crippen LogP contribution in [-0.2, 0) is 20.4 Å². The number of anilines is 1. The molecule has 0 unspecified atom stereocenters. The van der Waals surface area contributed by atoms with Gasteiger partial charge in [0.15, 0.2) is 9.84 Å². The van der Waals surface area contributed by atoms with Crippen molar-refractivity contribution in [1.82, 2.24) is 15.2 Å². The molecule has 8 nitrogen and oxygen atoms in total. The number of fused-ring (bicyclic) bond motifs is 1. The maximum absolute atomic E-state index is 14.1. The molecular formula is C28H31FN4O4S. The van der Waals surface area contributed by atoms with Crippen LogP contribution < -0.4 is 10.6 Å². The second-order valence-corrected chi connectivity index (χ2v) is 11.1. The number of H-pyrrole nitrogens is 1. The average Bonchev–Trinajstić information content (AvgIpc) is 3.41. The van der Waals surface area contributed by atoms with Gasteiger partial charge in [0.05, 0.1) is 21.8 Å². The lowest BCUT2D eigenvalue weighted by Crippen LogP contribution is -2.34. The fraction of sp³-hybridized carbons (Fsp3) is 0.286. The minimum absolute atomic E-state index is 0.0154. The van der Waals surface area contributed by atoms with E-state index >= 15 is 0 Å². The standard InChI is InChI=1S/C28H31FN4O4S/c1-4-33(5-2)13-12-30-27(34)23-16-31-26(18(23)3)15-22-21-14-20(10-11-25(21)32-28(22)35)38(36,37)17-19-8-6-7-9-24(19)29/h6-11,14-16,31H,4-5,12-13,17H2,1-3H3,(H,30,34)(H,32,35). The number of sulfone groups is 1. The van der Waals surface area contributed by atoms with Crippen LogP contribution in [0.4, 0.5) is 10.1 Å². The Morgan fingerprint density at radius 1 is 1.13 bits per heavy atom. The predicted octanol–water partition coefficient (Wildman–Crippen LogP) is 4.00. The van der Waals surface area contributed by atoms with Gasteiger partial charge >= 0.3 is 0 Å². The monoisotopic (exact) mass is 538 g/mol. The Morgan fingerprint density at radius 2 is 1.87 bits per heavy atom. The average molecular weight is 539 g/mol. The van der Waals surface area contributed by atoms with Crippen molar-refractivity contribution in [1.29, 1.82) is 0 Å². The van der Waals surface area contributed by atoms with E-state index in [4.69, 9.17) is 0 Å². The van der Waals surface area contributed by atoms with Gasteiger partial charge in [-0.15, -0.1) is 0 Å². The number of halogens is 1. The molecule has 1 aliphatic heterocycles. The van der Waals surface area contributed by atoms with Crippen molar-refractivity contribution in [2.24, 2.45) is 0 Å². The first-order valence-corrected chi connectivity index (χ1v) is 14.1. The molecule has 3 aromatic rings. The normalized spacial score (nSPS) is 14.1.